The third-order valence-electron chi connectivity index (χ3n) is 2.80. The van der Waals surface area contributed by atoms with Crippen LogP contribution < -0.4 is 5.73 Å². The summed E-state index contributed by atoms with van der Waals surface area (Å²) in [5.41, 5.74) is 5.54. The molecule has 0 aromatic carbocycles. The number of carbonyl (C=O) groups is 1. The molecule has 1 aliphatic heterocycles. The van der Waals surface area contributed by atoms with Crippen molar-refractivity contribution in [2.75, 3.05) is 19.7 Å². The minimum absolute atomic E-state index is 0.00948. The van der Waals surface area contributed by atoms with Crippen molar-refractivity contribution < 1.29 is 14.3 Å². The van der Waals surface area contributed by atoms with Crippen LogP contribution in [-0.4, -0.2) is 48.4 Å². The first-order valence-electron chi connectivity index (χ1n) is 6.68. The fourth-order valence-corrected chi connectivity index (χ4v) is 1.87. The molecule has 106 valence electrons. The predicted molar refractivity (Wildman–Crippen MR) is 70.4 cm³/mol. The SMILES string of the molecule is CCCOC1CN(C(=O)OC(C)(C)C)CCC1N. The Hall–Kier alpha value is -0.810. The number of nitrogens with zero attached hydrogens (tertiary/aromatic N) is 1. The molecule has 1 saturated heterocycles. The maximum absolute atomic E-state index is 11.9. The first-order chi connectivity index (χ1) is 8.33. The summed E-state index contributed by atoms with van der Waals surface area (Å²) in [6.07, 6.45) is 1.36. The van der Waals surface area contributed by atoms with E-state index in [1.165, 1.54) is 0 Å². The number of piperidine rings is 1. The van der Waals surface area contributed by atoms with Gasteiger partial charge in [-0.1, -0.05) is 6.92 Å². The average Bonchev–Trinajstić information content (AvgIpc) is 2.25. The van der Waals surface area contributed by atoms with Crippen molar-refractivity contribution >= 4 is 6.09 Å². The number of rotatable bonds is 3. The number of ether oxygens (including phenoxy) is 2. The Morgan fingerprint density at radius 2 is 2.11 bits per heavy atom. The van der Waals surface area contributed by atoms with Crippen molar-refractivity contribution in [3.05, 3.63) is 0 Å². The van der Waals surface area contributed by atoms with Crippen molar-refractivity contribution in [2.24, 2.45) is 5.73 Å². The second-order valence-electron chi connectivity index (χ2n) is 5.79. The number of hydrogen-bond acceptors (Lipinski definition) is 4. The molecule has 1 amide bonds. The molecule has 0 radical (unpaired) electrons. The lowest BCUT2D eigenvalue weighted by molar-refractivity contribution is -0.0280. The summed E-state index contributed by atoms with van der Waals surface area (Å²) < 4.78 is 11.0. The van der Waals surface area contributed by atoms with Gasteiger partial charge in [0, 0.05) is 19.2 Å². The van der Waals surface area contributed by atoms with Gasteiger partial charge in [-0.05, 0) is 33.6 Å². The summed E-state index contributed by atoms with van der Waals surface area (Å²) >= 11 is 0. The second-order valence-corrected chi connectivity index (χ2v) is 5.79. The van der Waals surface area contributed by atoms with Gasteiger partial charge in [0.25, 0.3) is 0 Å². The van der Waals surface area contributed by atoms with Crippen LogP contribution in [0.1, 0.15) is 40.5 Å². The molecule has 5 heteroatoms. The normalized spacial score (nSPS) is 25.1. The molecule has 2 atom stereocenters. The van der Waals surface area contributed by atoms with Crippen molar-refractivity contribution in [1.29, 1.82) is 0 Å². The molecule has 0 saturated carbocycles. The Kier molecular flexibility index (Phi) is 5.41. The van der Waals surface area contributed by atoms with Gasteiger partial charge >= 0.3 is 6.09 Å². The highest BCUT2D eigenvalue weighted by Crippen LogP contribution is 2.16. The van der Waals surface area contributed by atoms with E-state index in [0.717, 1.165) is 12.8 Å². The fourth-order valence-electron chi connectivity index (χ4n) is 1.87. The lowest BCUT2D eigenvalue weighted by Crippen LogP contribution is -2.54. The summed E-state index contributed by atoms with van der Waals surface area (Å²) in [6.45, 7) is 9.50. The molecule has 1 fully saturated rings. The highest BCUT2D eigenvalue weighted by Gasteiger charge is 2.32. The van der Waals surface area contributed by atoms with Gasteiger partial charge in [0.1, 0.15) is 5.60 Å². The quantitative estimate of drug-likeness (QED) is 0.837. The molecule has 0 spiro atoms. The largest absolute Gasteiger partial charge is 0.444 e. The van der Waals surface area contributed by atoms with Gasteiger partial charge in [-0.25, -0.2) is 4.79 Å². The molecule has 0 aromatic rings. The van der Waals surface area contributed by atoms with Crippen molar-refractivity contribution in [2.45, 2.75) is 58.3 Å². The number of likely N-dealkylation sites (tertiary alicyclic amines) is 1. The van der Waals surface area contributed by atoms with Crippen LogP contribution in [0.15, 0.2) is 0 Å². The highest BCUT2D eigenvalue weighted by molar-refractivity contribution is 5.68. The zero-order chi connectivity index (χ0) is 13.8. The Labute approximate surface area is 110 Å². The van der Waals surface area contributed by atoms with Gasteiger partial charge in [0.15, 0.2) is 0 Å². The van der Waals surface area contributed by atoms with Crippen LogP contribution in [0.2, 0.25) is 0 Å². The van der Waals surface area contributed by atoms with Gasteiger partial charge in [-0.3, -0.25) is 0 Å². The first kappa shape index (κ1) is 15.2. The lowest BCUT2D eigenvalue weighted by Gasteiger charge is -2.37. The topological polar surface area (TPSA) is 64.8 Å². The van der Waals surface area contributed by atoms with Gasteiger partial charge in [0.2, 0.25) is 0 Å². The van der Waals surface area contributed by atoms with Crippen LogP contribution in [0.3, 0.4) is 0 Å². The smallest absolute Gasteiger partial charge is 0.410 e. The number of carbonyl (C=O) groups excluding carboxylic acids is 1. The first-order valence-corrected chi connectivity index (χ1v) is 6.68. The van der Waals surface area contributed by atoms with E-state index in [1.54, 1.807) is 4.90 Å². The van der Waals surface area contributed by atoms with E-state index in [1.807, 2.05) is 20.8 Å². The maximum Gasteiger partial charge on any atom is 0.410 e. The molecule has 18 heavy (non-hydrogen) atoms. The van der Waals surface area contributed by atoms with Crippen LogP contribution in [0, 0.1) is 0 Å². The minimum Gasteiger partial charge on any atom is -0.444 e. The van der Waals surface area contributed by atoms with E-state index in [9.17, 15) is 4.79 Å². The molecule has 2 unspecified atom stereocenters. The molecular weight excluding hydrogens is 232 g/mol. The minimum atomic E-state index is -0.462. The molecule has 1 rings (SSSR count). The zero-order valence-electron chi connectivity index (χ0n) is 11.9. The van der Waals surface area contributed by atoms with Gasteiger partial charge in [-0.15, -0.1) is 0 Å². The van der Waals surface area contributed by atoms with Crippen molar-refractivity contribution in [3.8, 4) is 0 Å². The van der Waals surface area contributed by atoms with Crippen LogP contribution in [-0.2, 0) is 9.47 Å². The van der Waals surface area contributed by atoms with Gasteiger partial charge < -0.3 is 20.1 Å². The fraction of sp³-hybridized carbons (Fsp3) is 0.923. The summed E-state index contributed by atoms with van der Waals surface area (Å²) in [6, 6.07) is 0.00948. The Morgan fingerprint density at radius 3 is 2.67 bits per heavy atom. The highest BCUT2D eigenvalue weighted by atomic mass is 16.6. The second kappa shape index (κ2) is 6.38. The average molecular weight is 258 g/mol. The molecule has 2 N–H and O–H groups in total. The van der Waals surface area contributed by atoms with Gasteiger partial charge in [-0.2, -0.15) is 0 Å². The maximum atomic E-state index is 11.9. The molecular formula is C13H26N2O3. The Morgan fingerprint density at radius 1 is 1.44 bits per heavy atom. The van der Waals surface area contributed by atoms with Crippen LogP contribution in [0.25, 0.3) is 0 Å². The molecule has 0 aromatic heterocycles. The standard InChI is InChI=1S/C13H26N2O3/c1-5-8-17-11-9-15(7-6-10(11)14)12(16)18-13(2,3)4/h10-11H,5-9,14H2,1-4H3. The number of nitrogens with two attached hydrogens (primary N) is 1. The summed E-state index contributed by atoms with van der Waals surface area (Å²) in [5.74, 6) is 0. The monoisotopic (exact) mass is 258 g/mol. The van der Waals surface area contributed by atoms with Crippen LogP contribution in [0.4, 0.5) is 4.79 Å². The Balaban J connectivity index is 2.50. The van der Waals surface area contributed by atoms with E-state index in [4.69, 9.17) is 15.2 Å². The summed E-state index contributed by atoms with van der Waals surface area (Å²) in [7, 11) is 0. The van der Waals surface area contributed by atoms with E-state index < -0.39 is 5.60 Å². The van der Waals surface area contributed by atoms with Crippen LogP contribution >= 0.6 is 0 Å². The van der Waals surface area contributed by atoms with Crippen molar-refractivity contribution in [3.63, 3.8) is 0 Å². The van der Waals surface area contributed by atoms with Crippen molar-refractivity contribution in [1.82, 2.24) is 4.90 Å². The number of hydrogen-bond donors (Lipinski definition) is 1. The molecule has 1 heterocycles. The molecule has 1 aliphatic rings. The van der Waals surface area contributed by atoms with E-state index in [-0.39, 0.29) is 18.2 Å². The third-order valence-corrected chi connectivity index (χ3v) is 2.80. The van der Waals surface area contributed by atoms with Crippen LogP contribution in [0.5, 0.6) is 0 Å². The number of amides is 1. The summed E-state index contributed by atoms with van der Waals surface area (Å²) in [4.78, 5) is 13.6. The van der Waals surface area contributed by atoms with E-state index >= 15 is 0 Å². The lowest BCUT2D eigenvalue weighted by atomic mass is 10.0. The predicted octanol–water partition coefficient (Wildman–Crippen LogP) is 1.75. The molecule has 0 bridgehead atoms. The molecule has 0 aliphatic carbocycles. The summed E-state index contributed by atoms with van der Waals surface area (Å²) in [5, 5.41) is 0. The van der Waals surface area contributed by atoms with E-state index in [2.05, 4.69) is 6.92 Å². The van der Waals surface area contributed by atoms with E-state index in [0.29, 0.717) is 19.7 Å². The van der Waals surface area contributed by atoms with Gasteiger partial charge in [0.05, 0.1) is 12.6 Å². The Bertz CT molecular complexity index is 276. The third kappa shape index (κ3) is 4.82. The molecule has 5 nitrogen and oxygen atoms in total. The zero-order valence-corrected chi connectivity index (χ0v) is 11.9.